The first kappa shape index (κ1) is 14.1. The Kier molecular flexibility index (Phi) is 5.58. The lowest BCUT2D eigenvalue weighted by atomic mass is 10.3. The van der Waals surface area contributed by atoms with Crippen LogP contribution in [0, 0.1) is 0 Å². The van der Waals surface area contributed by atoms with Crippen LogP contribution in [0.15, 0.2) is 24.3 Å². The molecule has 0 aliphatic rings. The predicted molar refractivity (Wildman–Crippen MR) is 67.4 cm³/mol. The Morgan fingerprint density at radius 3 is 1.94 bits per heavy atom. The molecule has 0 aliphatic carbocycles. The number of benzene rings is 1. The van der Waals surface area contributed by atoms with Crippen molar-refractivity contribution in [1.29, 1.82) is 0 Å². The molecule has 0 N–H and O–H groups in total. The fraction of sp³-hybridized carbons (Fsp3) is 0.455. The third kappa shape index (κ3) is 6.38. The Hall–Kier alpha value is -0.940. The molecule has 1 rings (SSSR count). The maximum atomic E-state index is 10.7. The normalized spacial score (nSPS) is 11.2. The summed E-state index contributed by atoms with van der Waals surface area (Å²) in [5.41, 5.74) is 0. The van der Waals surface area contributed by atoms with Gasteiger partial charge in [0.1, 0.15) is 18.1 Å². The molecule has 4 nitrogen and oxygen atoms in total. The molecule has 96 valence electrons. The smallest absolute Gasteiger partial charge is 0.235 e. The predicted octanol–water partition coefficient (Wildman–Crippen LogP) is 2.42. The molecule has 6 heteroatoms. The van der Waals surface area contributed by atoms with E-state index in [1.54, 1.807) is 24.3 Å². The highest BCUT2D eigenvalue weighted by molar-refractivity contribution is 8.13. The maximum absolute atomic E-state index is 10.7. The molecule has 1 aromatic rings. The molecule has 0 saturated heterocycles. The van der Waals surface area contributed by atoms with Gasteiger partial charge in [0.05, 0.1) is 12.4 Å². The van der Waals surface area contributed by atoms with Gasteiger partial charge in [0.25, 0.3) is 0 Å². The van der Waals surface area contributed by atoms with Crippen LogP contribution in [-0.2, 0) is 9.05 Å². The molecule has 17 heavy (non-hydrogen) atoms. The molecule has 0 bridgehead atoms. The molecule has 0 aromatic heterocycles. The minimum Gasteiger partial charge on any atom is -0.494 e. The summed E-state index contributed by atoms with van der Waals surface area (Å²) in [6.45, 7) is 2.75. The Labute approximate surface area is 106 Å². The van der Waals surface area contributed by atoms with E-state index in [1.165, 1.54) is 0 Å². The minimum atomic E-state index is -3.49. The van der Waals surface area contributed by atoms with Crippen molar-refractivity contribution >= 4 is 19.7 Å². The Bertz CT molecular complexity index is 427. The minimum absolute atomic E-state index is 0.0427. The summed E-state index contributed by atoms with van der Waals surface area (Å²) >= 11 is 0. The summed E-state index contributed by atoms with van der Waals surface area (Å²) in [5.74, 6) is 1.15. The first-order valence-electron chi connectivity index (χ1n) is 5.29. The van der Waals surface area contributed by atoms with Crippen LogP contribution < -0.4 is 9.47 Å². The molecular formula is C11H15ClO4S. The fourth-order valence-corrected chi connectivity index (χ4v) is 1.58. The number of hydrogen-bond acceptors (Lipinski definition) is 4. The van der Waals surface area contributed by atoms with Crippen molar-refractivity contribution in [2.24, 2.45) is 0 Å². The summed E-state index contributed by atoms with van der Waals surface area (Å²) < 4.78 is 31.9. The molecule has 0 heterocycles. The van der Waals surface area contributed by atoms with Crippen molar-refractivity contribution in [2.75, 3.05) is 19.0 Å². The van der Waals surface area contributed by atoms with Crippen LogP contribution >= 0.6 is 10.7 Å². The molecule has 0 fully saturated rings. The SMILES string of the molecule is CCCOc1ccc(OCCS(=O)(=O)Cl)cc1. The zero-order valence-corrected chi connectivity index (χ0v) is 11.1. The molecule has 1 aromatic carbocycles. The number of ether oxygens (including phenoxy) is 2. The average molecular weight is 279 g/mol. The van der Waals surface area contributed by atoms with Crippen LogP contribution in [0.1, 0.15) is 13.3 Å². The van der Waals surface area contributed by atoms with Crippen molar-refractivity contribution in [3.05, 3.63) is 24.3 Å². The summed E-state index contributed by atoms with van der Waals surface area (Å²) in [7, 11) is 1.56. The molecule has 0 saturated carbocycles. The van der Waals surface area contributed by atoms with E-state index < -0.39 is 9.05 Å². The van der Waals surface area contributed by atoms with Crippen LogP contribution in [-0.4, -0.2) is 27.4 Å². The van der Waals surface area contributed by atoms with Crippen LogP contribution in [0.3, 0.4) is 0 Å². The quantitative estimate of drug-likeness (QED) is 0.719. The van der Waals surface area contributed by atoms with E-state index >= 15 is 0 Å². The third-order valence-electron chi connectivity index (χ3n) is 1.89. The third-order valence-corrected chi connectivity index (χ3v) is 3.01. The molecule has 0 amide bonds. The number of rotatable bonds is 7. The van der Waals surface area contributed by atoms with Gasteiger partial charge in [-0.3, -0.25) is 0 Å². The van der Waals surface area contributed by atoms with Crippen molar-refractivity contribution in [3.8, 4) is 11.5 Å². The Morgan fingerprint density at radius 2 is 1.53 bits per heavy atom. The summed E-state index contributed by atoms with van der Waals surface area (Å²) in [6.07, 6.45) is 0.950. The zero-order chi connectivity index (χ0) is 12.7. The topological polar surface area (TPSA) is 52.6 Å². The van der Waals surface area contributed by atoms with Gasteiger partial charge in [-0.1, -0.05) is 6.92 Å². The van der Waals surface area contributed by atoms with Gasteiger partial charge in [-0.05, 0) is 30.7 Å². The van der Waals surface area contributed by atoms with E-state index in [0.717, 1.165) is 12.2 Å². The highest BCUT2D eigenvalue weighted by Crippen LogP contribution is 2.17. The second-order valence-electron chi connectivity index (χ2n) is 3.41. The van der Waals surface area contributed by atoms with Crippen LogP contribution in [0.25, 0.3) is 0 Å². The van der Waals surface area contributed by atoms with Gasteiger partial charge >= 0.3 is 0 Å². The molecule has 0 aliphatic heterocycles. The standard InChI is InChI=1S/C11H15ClO4S/c1-2-7-15-10-3-5-11(6-4-10)16-8-9-17(12,13)14/h3-6H,2,7-9H2,1H3. The number of halogens is 1. The summed E-state index contributed by atoms with van der Waals surface area (Å²) in [5, 5.41) is 0. The largest absolute Gasteiger partial charge is 0.494 e. The molecule has 0 unspecified atom stereocenters. The van der Waals surface area contributed by atoms with Gasteiger partial charge < -0.3 is 9.47 Å². The highest BCUT2D eigenvalue weighted by atomic mass is 35.7. The molecule has 0 spiro atoms. The average Bonchev–Trinajstić information content (AvgIpc) is 2.26. The van der Waals surface area contributed by atoms with Gasteiger partial charge in [0.15, 0.2) is 0 Å². The van der Waals surface area contributed by atoms with E-state index in [0.29, 0.717) is 12.4 Å². The van der Waals surface area contributed by atoms with E-state index in [2.05, 4.69) is 0 Å². The number of hydrogen-bond donors (Lipinski definition) is 0. The Morgan fingerprint density at radius 1 is 1.06 bits per heavy atom. The monoisotopic (exact) mass is 278 g/mol. The lowest BCUT2D eigenvalue weighted by Gasteiger charge is -2.07. The second kappa shape index (κ2) is 6.71. The first-order chi connectivity index (χ1) is 8.01. The molecular weight excluding hydrogens is 264 g/mol. The van der Waals surface area contributed by atoms with Crippen molar-refractivity contribution in [2.45, 2.75) is 13.3 Å². The van der Waals surface area contributed by atoms with Crippen molar-refractivity contribution in [1.82, 2.24) is 0 Å². The Balaban J connectivity index is 2.40. The van der Waals surface area contributed by atoms with Crippen LogP contribution in [0.2, 0.25) is 0 Å². The lowest BCUT2D eigenvalue weighted by Crippen LogP contribution is -2.08. The fourth-order valence-electron chi connectivity index (χ4n) is 1.11. The molecule has 0 atom stereocenters. The summed E-state index contributed by atoms with van der Waals surface area (Å²) in [6, 6.07) is 7.01. The van der Waals surface area contributed by atoms with Gasteiger partial charge in [-0.25, -0.2) is 8.42 Å². The van der Waals surface area contributed by atoms with E-state index in [-0.39, 0.29) is 12.4 Å². The second-order valence-corrected chi connectivity index (χ2v) is 6.31. The highest BCUT2D eigenvalue weighted by Gasteiger charge is 2.05. The molecule has 0 radical (unpaired) electrons. The summed E-state index contributed by atoms with van der Waals surface area (Å²) in [4.78, 5) is 0. The van der Waals surface area contributed by atoms with Gasteiger partial charge in [-0.15, -0.1) is 0 Å². The van der Waals surface area contributed by atoms with E-state index in [9.17, 15) is 8.42 Å². The first-order valence-corrected chi connectivity index (χ1v) is 7.77. The van der Waals surface area contributed by atoms with Gasteiger partial charge in [0, 0.05) is 10.7 Å². The van der Waals surface area contributed by atoms with E-state index in [1.807, 2.05) is 6.92 Å². The van der Waals surface area contributed by atoms with Crippen molar-refractivity contribution < 1.29 is 17.9 Å². The van der Waals surface area contributed by atoms with Gasteiger partial charge in [0.2, 0.25) is 9.05 Å². The van der Waals surface area contributed by atoms with Crippen LogP contribution in [0.5, 0.6) is 11.5 Å². The zero-order valence-electron chi connectivity index (χ0n) is 9.56. The maximum Gasteiger partial charge on any atom is 0.235 e. The lowest BCUT2D eigenvalue weighted by molar-refractivity contribution is 0.314. The van der Waals surface area contributed by atoms with E-state index in [4.69, 9.17) is 20.2 Å². The van der Waals surface area contributed by atoms with Crippen molar-refractivity contribution in [3.63, 3.8) is 0 Å². The van der Waals surface area contributed by atoms with Crippen LogP contribution in [0.4, 0.5) is 0 Å². The van der Waals surface area contributed by atoms with Gasteiger partial charge in [-0.2, -0.15) is 0 Å².